The van der Waals surface area contributed by atoms with Gasteiger partial charge in [0.15, 0.2) is 0 Å². The van der Waals surface area contributed by atoms with Gasteiger partial charge in [0.05, 0.1) is 11.6 Å². The Labute approximate surface area is 81.7 Å². The van der Waals surface area contributed by atoms with Crippen LogP contribution in [0.1, 0.15) is 12.5 Å². The highest BCUT2D eigenvalue weighted by Crippen LogP contribution is 2.25. The fourth-order valence-corrected chi connectivity index (χ4v) is 2.19. The Balaban J connectivity index is 2.22. The van der Waals surface area contributed by atoms with Crippen LogP contribution in [0.2, 0.25) is 0 Å². The maximum Gasteiger partial charge on any atom is 0.115 e. The fourth-order valence-electron chi connectivity index (χ4n) is 1.24. The smallest absolute Gasteiger partial charge is 0.115 e. The third-order valence-corrected chi connectivity index (χ3v) is 3.06. The second-order valence-corrected chi connectivity index (χ2v) is 4.55. The van der Waals surface area contributed by atoms with E-state index in [9.17, 15) is 0 Å². The summed E-state index contributed by atoms with van der Waals surface area (Å²) in [5, 5.41) is 10.8. The van der Waals surface area contributed by atoms with E-state index in [0.717, 1.165) is 17.2 Å². The molecule has 13 heavy (non-hydrogen) atoms. The van der Waals surface area contributed by atoms with Crippen LogP contribution in [-0.2, 0) is 0 Å². The Morgan fingerprint density at radius 1 is 1.38 bits per heavy atom. The van der Waals surface area contributed by atoms with Gasteiger partial charge in [0.25, 0.3) is 0 Å². The molecule has 1 atom stereocenters. The molecule has 68 valence electrons. The van der Waals surface area contributed by atoms with E-state index in [4.69, 9.17) is 5.11 Å². The van der Waals surface area contributed by atoms with E-state index in [2.05, 4.69) is 11.9 Å². The molecule has 2 nitrogen and oxygen atoms in total. The van der Waals surface area contributed by atoms with Crippen LogP contribution in [0.3, 0.4) is 0 Å². The zero-order valence-electron chi connectivity index (χ0n) is 7.40. The first-order valence-corrected chi connectivity index (χ1v) is 5.14. The SMILES string of the molecule is C[C@H]1CN=C(c2ccc(O)cc2)S1. The largest absolute Gasteiger partial charge is 0.508 e. The minimum Gasteiger partial charge on any atom is -0.508 e. The molecule has 0 unspecified atom stereocenters. The van der Waals surface area contributed by atoms with E-state index in [1.807, 2.05) is 12.1 Å². The molecule has 1 aromatic carbocycles. The van der Waals surface area contributed by atoms with E-state index in [1.165, 1.54) is 0 Å². The molecule has 0 fully saturated rings. The van der Waals surface area contributed by atoms with E-state index in [0.29, 0.717) is 11.0 Å². The third-order valence-electron chi connectivity index (χ3n) is 1.92. The molecule has 0 bridgehead atoms. The van der Waals surface area contributed by atoms with Crippen molar-refractivity contribution in [2.75, 3.05) is 6.54 Å². The Morgan fingerprint density at radius 2 is 2.08 bits per heavy atom. The van der Waals surface area contributed by atoms with Gasteiger partial charge in [-0.1, -0.05) is 6.92 Å². The van der Waals surface area contributed by atoms with Crippen molar-refractivity contribution in [3.05, 3.63) is 29.8 Å². The van der Waals surface area contributed by atoms with Gasteiger partial charge in [-0.25, -0.2) is 0 Å². The van der Waals surface area contributed by atoms with Crippen molar-refractivity contribution < 1.29 is 5.11 Å². The molecule has 0 spiro atoms. The molecule has 1 aromatic rings. The Bertz CT molecular complexity index is 331. The van der Waals surface area contributed by atoms with E-state index in [-0.39, 0.29) is 0 Å². The van der Waals surface area contributed by atoms with Gasteiger partial charge in [-0.2, -0.15) is 0 Å². The van der Waals surface area contributed by atoms with Crippen LogP contribution in [0.25, 0.3) is 0 Å². The zero-order chi connectivity index (χ0) is 9.26. The standard InChI is InChI=1S/C10H11NOS/c1-7-6-11-10(13-7)8-2-4-9(12)5-3-8/h2-5,7,12H,6H2,1H3/t7-/m0/s1. The number of thioether (sulfide) groups is 1. The first-order chi connectivity index (χ1) is 6.25. The van der Waals surface area contributed by atoms with Gasteiger partial charge >= 0.3 is 0 Å². The Morgan fingerprint density at radius 3 is 2.62 bits per heavy atom. The minimum atomic E-state index is 0.306. The van der Waals surface area contributed by atoms with Crippen molar-refractivity contribution in [2.45, 2.75) is 12.2 Å². The zero-order valence-corrected chi connectivity index (χ0v) is 8.21. The highest BCUT2D eigenvalue weighted by atomic mass is 32.2. The second kappa shape index (κ2) is 3.42. The summed E-state index contributed by atoms with van der Waals surface area (Å²) < 4.78 is 0. The maximum atomic E-state index is 9.10. The average Bonchev–Trinajstić information content (AvgIpc) is 2.53. The van der Waals surface area contributed by atoms with Gasteiger partial charge in [0.1, 0.15) is 5.75 Å². The summed E-state index contributed by atoms with van der Waals surface area (Å²) in [4.78, 5) is 4.41. The highest BCUT2D eigenvalue weighted by Gasteiger charge is 2.15. The molecular weight excluding hydrogens is 182 g/mol. The van der Waals surface area contributed by atoms with Crippen molar-refractivity contribution in [3.8, 4) is 5.75 Å². The monoisotopic (exact) mass is 193 g/mol. The predicted octanol–water partition coefficient (Wildman–Crippen LogP) is 2.27. The van der Waals surface area contributed by atoms with Crippen LogP contribution in [0.5, 0.6) is 5.75 Å². The van der Waals surface area contributed by atoms with Crippen molar-refractivity contribution in [3.63, 3.8) is 0 Å². The minimum absolute atomic E-state index is 0.306. The maximum absolute atomic E-state index is 9.10. The van der Waals surface area contributed by atoms with Gasteiger partial charge in [-0.05, 0) is 24.3 Å². The number of phenols is 1. The van der Waals surface area contributed by atoms with E-state index < -0.39 is 0 Å². The Hall–Kier alpha value is -0.960. The van der Waals surface area contributed by atoms with Crippen molar-refractivity contribution in [2.24, 2.45) is 4.99 Å². The topological polar surface area (TPSA) is 32.6 Å². The lowest BCUT2D eigenvalue weighted by Gasteiger charge is -2.01. The van der Waals surface area contributed by atoms with Crippen molar-refractivity contribution in [1.82, 2.24) is 0 Å². The number of aromatic hydroxyl groups is 1. The summed E-state index contributed by atoms with van der Waals surface area (Å²) in [6.07, 6.45) is 0. The van der Waals surface area contributed by atoms with E-state index >= 15 is 0 Å². The van der Waals surface area contributed by atoms with Gasteiger partial charge < -0.3 is 5.11 Å². The van der Waals surface area contributed by atoms with Crippen molar-refractivity contribution in [1.29, 1.82) is 0 Å². The van der Waals surface area contributed by atoms with Crippen molar-refractivity contribution >= 4 is 16.8 Å². The second-order valence-electron chi connectivity index (χ2n) is 3.12. The molecule has 1 N–H and O–H groups in total. The summed E-state index contributed by atoms with van der Waals surface area (Å²) in [6.45, 7) is 3.07. The molecule has 3 heteroatoms. The number of hydrogen-bond acceptors (Lipinski definition) is 3. The number of aliphatic imine (C=N–C) groups is 1. The van der Waals surface area contributed by atoms with Crippen LogP contribution in [-0.4, -0.2) is 21.9 Å². The predicted molar refractivity (Wildman–Crippen MR) is 56.6 cm³/mol. The van der Waals surface area contributed by atoms with Gasteiger partial charge in [0, 0.05) is 10.8 Å². The molecule has 1 aliphatic heterocycles. The number of benzene rings is 1. The third kappa shape index (κ3) is 1.86. The first kappa shape index (κ1) is 8.63. The number of nitrogens with zero attached hydrogens (tertiary/aromatic N) is 1. The van der Waals surface area contributed by atoms with Crippen LogP contribution < -0.4 is 0 Å². The van der Waals surface area contributed by atoms with Crippen LogP contribution in [0.4, 0.5) is 0 Å². The average molecular weight is 193 g/mol. The lowest BCUT2D eigenvalue weighted by molar-refractivity contribution is 0.475. The number of rotatable bonds is 1. The Kier molecular flexibility index (Phi) is 2.27. The summed E-state index contributed by atoms with van der Waals surface area (Å²) in [5.41, 5.74) is 1.10. The lowest BCUT2D eigenvalue weighted by atomic mass is 10.2. The molecule has 0 saturated heterocycles. The molecule has 0 saturated carbocycles. The molecule has 1 heterocycles. The molecule has 0 aliphatic carbocycles. The highest BCUT2D eigenvalue weighted by molar-refractivity contribution is 8.15. The first-order valence-electron chi connectivity index (χ1n) is 4.26. The molecule has 2 rings (SSSR count). The molecule has 0 aromatic heterocycles. The van der Waals surface area contributed by atoms with Gasteiger partial charge in [0.2, 0.25) is 0 Å². The summed E-state index contributed by atoms with van der Waals surface area (Å²) in [7, 11) is 0. The van der Waals surface area contributed by atoms with Gasteiger partial charge in [-0.3, -0.25) is 4.99 Å². The normalized spacial score (nSPS) is 21.6. The quantitative estimate of drug-likeness (QED) is 0.742. The van der Waals surface area contributed by atoms with E-state index in [1.54, 1.807) is 23.9 Å². The van der Waals surface area contributed by atoms with Crippen LogP contribution in [0.15, 0.2) is 29.3 Å². The molecule has 1 aliphatic rings. The molecule has 0 radical (unpaired) electrons. The van der Waals surface area contributed by atoms with Gasteiger partial charge in [-0.15, -0.1) is 11.8 Å². The molecular formula is C10H11NOS. The van der Waals surface area contributed by atoms with Crippen LogP contribution >= 0.6 is 11.8 Å². The number of phenolic OH excluding ortho intramolecular Hbond substituents is 1. The number of hydrogen-bond donors (Lipinski definition) is 1. The van der Waals surface area contributed by atoms with Crippen LogP contribution in [0, 0.1) is 0 Å². The molecule has 0 amide bonds. The lowest BCUT2D eigenvalue weighted by Crippen LogP contribution is -1.95. The summed E-state index contributed by atoms with van der Waals surface area (Å²) >= 11 is 1.79. The fraction of sp³-hybridized carbons (Fsp3) is 0.300. The summed E-state index contributed by atoms with van der Waals surface area (Å²) in [6, 6.07) is 7.20. The summed E-state index contributed by atoms with van der Waals surface area (Å²) in [5.74, 6) is 0.306.